The van der Waals surface area contributed by atoms with Crippen LogP contribution in [0.2, 0.25) is 0 Å². The molecule has 0 aliphatic carbocycles. The van der Waals surface area contributed by atoms with Gasteiger partial charge in [0.2, 0.25) is 11.8 Å². The Bertz CT molecular complexity index is 648. The fourth-order valence-electron chi connectivity index (χ4n) is 1.98. The first-order chi connectivity index (χ1) is 11.1. The number of hydrogen-bond acceptors (Lipinski definition) is 6. The van der Waals surface area contributed by atoms with Crippen LogP contribution in [0.25, 0.3) is 0 Å². The molecule has 9 heteroatoms. The first-order valence-electron chi connectivity index (χ1n) is 7.22. The van der Waals surface area contributed by atoms with Crippen molar-refractivity contribution in [1.29, 1.82) is 0 Å². The second kappa shape index (κ2) is 8.11. The minimum Gasteiger partial charge on any atom is -0.366 e. The third-order valence-electron chi connectivity index (χ3n) is 3.43. The average molecular weight is 354 g/mol. The van der Waals surface area contributed by atoms with Crippen LogP contribution >= 0.6 is 11.8 Å². The number of hydrogen-bond donors (Lipinski definition) is 2. The Kier molecular flexibility index (Phi) is 6.73. The summed E-state index contributed by atoms with van der Waals surface area (Å²) in [6.45, 7) is 4.85. The zero-order chi connectivity index (χ0) is 18.5. The summed E-state index contributed by atoms with van der Waals surface area (Å²) in [5.74, 6) is -0.849. The van der Waals surface area contributed by atoms with Crippen LogP contribution in [0.5, 0.6) is 0 Å². The highest BCUT2D eigenvalue weighted by molar-refractivity contribution is 8.00. The van der Waals surface area contributed by atoms with Crippen LogP contribution in [0.1, 0.15) is 24.2 Å². The van der Waals surface area contributed by atoms with Gasteiger partial charge in [-0.2, -0.15) is 0 Å². The first-order valence-corrected chi connectivity index (χ1v) is 8.21. The first kappa shape index (κ1) is 19.9. The second-order valence-electron chi connectivity index (χ2n) is 6.21. The van der Waals surface area contributed by atoms with Crippen molar-refractivity contribution in [2.45, 2.75) is 18.7 Å². The van der Waals surface area contributed by atoms with Crippen molar-refractivity contribution in [3.63, 3.8) is 0 Å². The van der Waals surface area contributed by atoms with E-state index in [1.54, 1.807) is 11.9 Å². The molecule has 0 heterocycles. The van der Waals surface area contributed by atoms with E-state index < -0.39 is 10.8 Å². The van der Waals surface area contributed by atoms with Gasteiger partial charge in [0, 0.05) is 25.2 Å². The molecular formula is C15H22N4O4S. The Labute approximate surface area is 144 Å². The van der Waals surface area contributed by atoms with Crippen molar-refractivity contribution in [3.8, 4) is 0 Å². The molecule has 1 aromatic rings. The van der Waals surface area contributed by atoms with Crippen LogP contribution in [0.15, 0.2) is 23.1 Å². The van der Waals surface area contributed by atoms with E-state index in [-0.39, 0.29) is 28.3 Å². The monoisotopic (exact) mass is 354 g/mol. The molecule has 0 saturated carbocycles. The van der Waals surface area contributed by atoms with Crippen molar-refractivity contribution in [1.82, 2.24) is 4.90 Å². The van der Waals surface area contributed by atoms with Gasteiger partial charge in [0.1, 0.15) is 0 Å². The number of carbonyl (C=O) groups excluding carboxylic acids is 2. The number of benzene rings is 1. The molecule has 0 aliphatic heterocycles. The average Bonchev–Trinajstić information content (AvgIpc) is 2.51. The Morgan fingerprint density at radius 3 is 2.50 bits per heavy atom. The maximum Gasteiger partial charge on any atom is 0.283 e. The van der Waals surface area contributed by atoms with Crippen molar-refractivity contribution < 1.29 is 14.5 Å². The lowest BCUT2D eigenvalue weighted by Gasteiger charge is -2.29. The molecule has 132 valence electrons. The van der Waals surface area contributed by atoms with Gasteiger partial charge in [-0.1, -0.05) is 13.8 Å². The number of carbonyl (C=O) groups is 2. The minimum atomic E-state index is -0.741. The SMILES string of the molecule is CN(CC(C)(C)CN)C(=O)CSc1ccc(C(N)=O)cc1[N+](=O)[O-]. The number of thioether (sulfide) groups is 1. The predicted octanol–water partition coefficient (Wildman–Crippen LogP) is 1.23. The quantitative estimate of drug-likeness (QED) is 0.410. The summed E-state index contributed by atoms with van der Waals surface area (Å²) in [6, 6.07) is 3.96. The largest absolute Gasteiger partial charge is 0.366 e. The lowest BCUT2D eigenvalue weighted by molar-refractivity contribution is -0.387. The van der Waals surface area contributed by atoms with E-state index in [0.29, 0.717) is 18.0 Å². The number of nitro groups is 1. The Morgan fingerprint density at radius 2 is 2.00 bits per heavy atom. The molecule has 0 fully saturated rings. The number of primary amides is 1. The number of nitro benzene ring substituents is 1. The maximum atomic E-state index is 12.2. The lowest BCUT2D eigenvalue weighted by Crippen LogP contribution is -2.40. The summed E-state index contributed by atoms with van der Waals surface area (Å²) in [5.41, 5.74) is 10.4. The predicted molar refractivity (Wildman–Crippen MR) is 92.8 cm³/mol. The van der Waals surface area contributed by atoms with E-state index in [4.69, 9.17) is 11.5 Å². The molecule has 0 spiro atoms. The molecule has 0 saturated heterocycles. The zero-order valence-electron chi connectivity index (χ0n) is 13.9. The molecule has 0 bridgehead atoms. The summed E-state index contributed by atoms with van der Waals surface area (Å²) in [5, 5.41) is 11.1. The zero-order valence-corrected chi connectivity index (χ0v) is 14.8. The standard InChI is InChI=1S/C15H22N4O4S/c1-15(2,8-16)9-18(3)13(20)7-24-12-5-4-10(14(17)21)6-11(12)19(22)23/h4-6H,7-9,16H2,1-3H3,(H2,17,21). The Morgan fingerprint density at radius 1 is 1.38 bits per heavy atom. The highest BCUT2D eigenvalue weighted by Crippen LogP contribution is 2.30. The smallest absolute Gasteiger partial charge is 0.283 e. The molecule has 1 aromatic carbocycles. The second-order valence-corrected chi connectivity index (χ2v) is 7.23. The molecule has 0 unspecified atom stereocenters. The summed E-state index contributed by atoms with van der Waals surface area (Å²) >= 11 is 1.05. The van der Waals surface area contributed by atoms with Gasteiger partial charge in [-0.15, -0.1) is 11.8 Å². The highest BCUT2D eigenvalue weighted by atomic mass is 32.2. The van der Waals surface area contributed by atoms with Crippen LogP contribution < -0.4 is 11.5 Å². The molecule has 0 aliphatic rings. The van der Waals surface area contributed by atoms with E-state index in [1.165, 1.54) is 12.1 Å². The third-order valence-corrected chi connectivity index (χ3v) is 4.48. The molecular weight excluding hydrogens is 332 g/mol. The molecule has 4 N–H and O–H groups in total. The van der Waals surface area contributed by atoms with Crippen LogP contribution in [-0.4, -0.2) is 47.5 Å². The van der Waals surface area contributed by atoms with Gasteiger partial charge in [-0.3, -0.25) is 19.7 Å². The fourth-order valence-corrected chi connectivity index (χ4v) is 2.92. The molecule has 0 radical (unpaired) electrons. The van der Waals surface area contributed by atoms with Gasteiger partial charge in [-0.25, -0.2) is 0 Å². The van der Waals surface area contributed by atoms with Crippen molar-refractivity contribution >= 4 is 29.3 Å². The molecule has 0 atom stereocenters. The molecule has 1 rings (SSSR count). The van der Waals surface area contributed by atoms with E-state index >= 15 is 0 Å². The van der Waals surface area contributed by atoms with E-state index in [1.807, 2.05) is 13.8 Å². The van der Waals surface area contributed by atoms with Crippen molar-refractivity contribution in [2.75, 3.05) is 25.9 Å². The highest BCUT2D eigenvalue weighted by Gasteiger charge is 2.22. The van der Waals surface area contributed by atoms with Gasteiger partial charge in [0.15, 0.2) is 0 Å². The van der Waals surface area contributed by atoms with Gasteiger partial charge in [0.05, 0.1) is 15.6 Å². The summed E-state index contributed by atoms with van der Waals surface area (Å²) in [6.07, 6.45) is 0. The van der Waals surface area contributed by atoms with Crippen molar-refractivity contribution in [3.05, 3.63) is 33.9 Å². The third kappa shape index (κ3) is 5.50. The van der Waals surface area contributed by atoms with Crippen molar-refractivity contribution in [2.24, 2.45) is 16.9 Å². The van der Waals surface area contributed by atoms with Crippen LogP contribution in [0.4, 0.5) is 5.69 Å². The minimum absolute atomic E-state index is 0.0495. The number of nitrogens with zero attached hydrogens (tertiary/aromatic N) is 2. The topological polar surface area (TPSA) is 133 Å². The van der Waals surface area contributed by atoms with Crippen LogP contribution in [0.3, 0.4) is 0 Å². The summed E-state index contributed by atoms with van der Waals surface area (Å²) in [4.78, 5) is 35.7. The Balaban J connectivity index is 2.81. The van der Waals surface area contributed by atoms with E-state index in [0.717, 1.165) is 17.8 Å². The van der Waals surface area contributed by atoms with Gasteiger partial charge < -0.3 is 16.4 Å². The molecule has 2 amide bonds. The maximum absolute atomic E-state index is 12.2. The lowest BCUT2D eigenvalue weighted by atomic mass is 9.93. The summed E-state index contributed by atoms with van der Waals surface area (Å²) in [7, 11) is 1.67. The fraction of sp³-hybridized carbons (Fsp3) is 0.467. The molecule has 0 aromatic heterocycles. The Hall–Kier alpha value is -2.13. The van der Waals surface area contributed by atoms with Gasteiger partial charge in [-0.05, 0) is 24.1 Å². The number of rotatable bonds is 8. The van der Waals surface area contributed by atoms with Crippen LogP contribution in [-0.2, 0) is 4.79 Å². The number of amides is 2. The van der Waals surface area contributed by atoms with E-state index in [2.05, 4.69) is 0 Å². The number of nitrogens with two attached hydrogens (primary N) is 2. The molecule has 24 heavy (non-hydrogen) atoms. The molecule has 8 nitrogen and oxygen atoms in total. The van der Waals surface area contributed by atoms with Gasteiger partial charge in [0.25, 0.3) is 5.69 Å². The summed E-state index contributed by atoms with van der Waals surface area (Å²) < 4.78 is 0. The van der Waals surface area contributed by atoms with Gasteiger partial charge >= 0.3 is 0 Å². The van der Waals surface area contributed by atoms with E-state index in [9.17, 15) is 19.7 Å². The normalized spacial score (nSPS) is 11.2. The van der Waals surface area contributed by atoms with Crippen LogP contribution in [0, 0.1) is 15.5 Å².